The van der Waals surface area contributed by atoms with Crippen LogP contribution in [0.5, 0.6) is 0 Å². The molecule has 28 heavy (non-hydrogen) atoms. The molecule has 146 valence electrons. The van der Waals surface area contributed by atoms with Crippen molar-refractivity contribution in [2.24, 2.45) is 0 Å². The van der Waals surface area contributed by atoms with E-state index in [-0.39, 0.29) is 26.8 Å². The number of imidazole rings is 1. The number of thiazole rings is 1. The van der Waals surface area contributed by atoms with Crippen LogP contribution in [0, 0.1) is 0 Å². The number of fused-ring (bicyclic) bond motifs is 3. The Hall–Kier alpha value is -1.89. The molecule has 0 aliphatic carbocycles. The molecule has 0 saturated heterocycles. The largest absolute Gasteiger partial charge is 0.440 e. The summed E-state index contributed by atoms with van der Waals surface area (Å²) < 4.78 is 43.4. The maximum atomic E-state index is 14.2. The molecule has 2 aromatic heterocycles. The molecule has 0 radical (unpaired) electrons. The number of nitrogens with zero attached hydrogens (tertiary/aromatic N) is 3. The van der Waals surface area contributed by atoms with E-state index in [0.717, 1.165) is 17.4 Å². The van der Waals surface area contributed by atoms with Gasteiger partial charge in [0.15, 0.2) is 3.92 Å². The number of hydrogen-bond acceptors (Lipinski definition) is 5. The van der Waals surface area contributed by atoms with Crippen molar-refractivity contribution >= 4 is 79.3 Å². The SMILES string of the molecule is O=C(NC1(C(F)(F)F)C(=O)Nc2nc3cc(Cl)c(Cl)cc3n21)c1csc(Br)n1. The van der Waals surface area contributed by atoms with Crippen LogP contribution in [0.2, 0.25) is 10.0 Å². The molecule has 3 heterocycles. The number of nitrogens with one attached hydrogen (secondary N) is 2. The third-order valence-corrected chi connectivity index (χ3v) is 6.09. The molecule has 7 nitrogen and oxygen atoms in total. The molecule has 0 bridgehead atoms. The Kier molecular flexibility index (Phi) is 4.38. The molecule has 3 aromatic rings. The third kappa shape index (κ3) is 2.70. The lowest BCUT2D eigenvalue weighted by molar-refractivity contribution is -0.213. The molecule has 0 spiro atoms. The van der Waals surface area contributed by atoms with Crippen LogP contribution in [0.1, 0.15) is 10.5 Å². The number of rotatable bonds is 2. The van der Waals surface area contributed by atoms with Crippen molar-refractivity contribution in [2.45, 2.75) is 11.8 Å². The van der Waals surface area contributed by atoms with Crippen LogP contribution in [0.3, 0.4) is 0 Å². The molecule has 1 aliphatic heterocycles. The zero-order valence-electron chi connectivity index (χ0n) is 13.1. The summed E-state index contributed by atoms with van der Waals surface area (Å²) >= 11 is 15.9. The van der Waals surface area contributed by atoms with Gasteiger partial charge in [-0.2, -0.15) is 13.2 Å². The minimum Gasteiger partial charge on any atom is -0.312 e. The molecule has 1 atom stereocenters. The van der Waals surface area contributed by atoms with Crippen molar-refractivity contribution in [3.63, 3.8) is 0 Å². The van der Waals surface area contributed by atoms with Gasteiger partial charge in [-0.25, -0.2) is 9.97 Å². The summed E-state index contributed by atoms with van der Waals surface area (Å²) in [5.41, 5.74) is -3.81. The van der Waals surface area contributed by atoms with E-state index in [1.54, 1.807) is 5.32 Å². The highest BCUT2D eigenvalue weighted by Gasteiger charge is 2.67. The lowest BCUT2D eigenvalue weighted by Gasteiger charge is -2.31. The van der Waals surface area contributed by atoms with Crippen molar-refractivity contribution in [1.29, 1.82) is 0 Å². The van der Waals surface area contributed by atoms with Gasteiger partial charge in [0.1, 0.15) is 5.69 Å². The maximum absolute atomic E-state index is 14.2. The Labute approximate surface area is 176 Å². The molecule has 1 aliphatic rings. The van der Waals surface area contributed by atoms with Gasteiger partial charge >= 0.3 is 6.18 Å². The predicted octanol–water partition coefficient (Wildman–Crippen LogP) is 4.16. The first kappa shape index (κ1) is 19.4. The van der Waals surface area contributed by atoms with Crippen LogP contribution < -0.4 is 10.6 Å². The van der Waals surface area contributed by atoms with E-state index in [1.165, 1.54) is 11.4 Å². The maximum Gasteiger partial charge on any atom is 0.440 e. The Bertz CT molecular complexity index is 1160. The van der Waals surface area contributed by atoms with Gasteiger partial charge < -0.3 is 5.32 Å². The monoisotopic (exact) mass is 513 g/mol. The molecule has 0 fully saturated rings. The molecular weight excluding hydrogens is 510 g/mol. The number of benzene rings is 1. The van der Waals surface area contributed by atoms with E-state index in [9.17, 15) is 22.8 Å². The third-order valence-electron chi connectivity index (χ3n) is 4.00. The first-order valence-electron chi connectivity index (χ1n) is 7.24. The summed E-state index contributed by atoms with van der Waals surface area (Å²) in [6.45, 7) is 0. The highest BCUT2D eigenvalue weighted by molar-refractivity contribution is 9.11. The fourth-order valence-electron chi connectivity index (χ4n) is 2.81. The predicted molar refractivity (Wildman–Crippen MR) is 99.7 cm³/mol. The summed E-state index contributed by atoms with van der Waals surface area (Å²) in [5, 5.41) is 5.11. The molecule has 2 N–H and O–H groups in total. The normalized spacial score (nSPS) is 19.0. The topological polar surface area (TPSA) is 88.9 Å². The van der Waals surface area contributed by atoms with Crippen LogP contribution in [0.4, 0.5) is 19.1 Å². The number of aromatic nitrogens is 3. The Balaban J connectivity index is 1.94. The van der Waals surface area contributed by atoms with Crippen LogP contribution >= 0.6 is 50.5 Å². The standard InChI is InChI=1S/C14H5BrCl2F3N5O2S/c15-11-21-7(3-28-11)9(26)24-13(14(18,19)20)10(27)23-12-22-6-1-4(16)5(17)2-8(6)25(12)13/h1-3H,(H,24,26)(H,22,23,27). The van der Waals surface area contributed by atoms with Crippen LogP contribution in [-0.2, 0) is 10.5 Å². The number of anilines is 1. The second kappa shape index (κ2) is 6.31. The Morgan fingerprint density at radius 2 is 1.96 bits per heavy atom. The Morgan fingerprint density at radius 3 is 2.57 bits per heavy atom. The Morgan fingerprint density at radius 1 is 1.29 bits per heavy atom. The minimum absolute atomic E-state index is 0.0398. The second-order valence-corrected chi connectivity index (χ2v) is 8.58. The van der Waals surface area contributed by atoms with E-state index >= 15 is 0 Å². The van der Waals surface area contributed by atoms with E-state index in [1.807, 2.05) is 0 Å². The van der Waals surface area contributed by atoms with Crippen LogP contribution in [0.15, 0.2) is 21.4 Å². The average molecular weight is 515 g/mol. The van der Waals surface area contributed by atoms with Gasteiger partial charge in [0.05, 0.1) is 21.1 Å². The van der Waals surface area contributed by atoms with Crippen LogP contribution in [-0.4, -0.2) is 32.5 Å². The van der Waals surface area contributed by atoms with Crippen molar-refractivity contribution in [3.8, 4) is 0 Å². The number of halogens is 6. The first-order chi connectivity index (χ1) is 13.0. The average Bonchev–Trinajstić information content (AvgIpc) is 3.23. The first-order valence-corrected chi connectivity index (χ1v) is 9.67. The van der Waals surface area contributed by atoms with Crippen molar-refractivity contribution in [2.75, 3.05) is 5.32 Å². The number of carbonyl (C=O) groups is 2. The number of carbonyl (C=O) groups excluding carboxylic acids is 2. The lowest BCUT2D eigenvalue weighted by atomic mass is 10.1. The molecule has 1 aromatic carbocycles. The van der Waals surface area contributed by atoms with Crippen molar-refractivity contribution in [3.05, 3.63) is 37.2 Å². The molecule has 14 heteroatoms. The second-order valence-electron chi connectivity index (χ2n) is 5.63. The highest BCUT2D eigenvalue weighted by atomic mass is 79.9. The molecule has 4 rings (SSSR count). The smallest absolute Gasteiger partial charge is 0.312 e. The number of alkyl halides is 3. The van der Waals surface area contributed by atoms with E-state index in [4.69, 9.17) is 23.2 Å². The lowest BCUT2D eigenvalue weighted by Crippen LogP contribution is -2.63. The van der Waals surface area contributed by atoms with E-state index in [0.29, 0.717) is 8.48 Å². The van der Waals surface area contributed by atoms with Gasteiger partial charge in [0, 0.05) is 5.38 Å². The quantitative estimate of drug-likeness (QED) is 0.537. The summed E-state index contributed by atoms with van der Waals surface area (Å²) in [4.78, 5) is 32.6. The summed E-state index contributed by atoms with van der Waals surface area (Å²) in [6.07, 6.45) is -5.22. The van der Waals surface area contributed by atoms with Gasteiger partial charge in [0.25, 0.3) is 17.5 Å². The molecule has 1 unspecified atom stereocenters. The zero-order valence-corrected chi connectivity index (χ0v) is 17.0. The van der Waals surface area contributed by atoms with Crippen molar-refractivity contribution < 1.29 is 22.8 Å². The fraction of sp³-hybridized carbons (Fsp3) is 0.143. The molecular formula is C14H5BrCl2F3N5O2S. The van der Waals surface area contributed by atoms with Crippen molar-refractivity contribution in [1.82, 2.24) is 19.9 Å². The van der Waals surface area contributed by atoms with E-state index < -0.39 is 29.6 Å². The highest BCUT2D eigenvalue weighted by Crippen LogP contribution is 2.45. The summed E-state index contributed by atoms with van der Waals surface area (Å²) in [6, 6.07) is 2.40. The summed E-state index contributed by atoms with van der Waals surface area (Å²) in [5.74, 6) is -3.11. The molecule has 0 saturated carbocycles. The number of amides is 2. The van der Waals surface area contributed by atoms with Gasteiger partial charge in [-0.15, -0.1) is 11.3 Å². The van der Waals surface area contributed by atoms with Gasteiger partial charge in [-0.1, -0.05) is 23.2 Å². The zero-order chi connectivity index (χ0) is 20.4. The number of hydrogen-bond donors (Lipinski definition) is 2. The van der Waals surface area contributed by atoms with E-state index in [2.05, 4.69) is 31.2 Å². The van der Waals surface area contributed by atoms with Crippen LogP contribution in [0.25, 0.3) is 11.0 Å². The summed E-state index contributed by atoms with van der Waals surface area (Å²) in [7, 11) is 0. The van der Waals surface area contributed by atoms with Gasteiger partial charge in [0.2, 0.25) is 5.95 Å². The minimum atomic E-state index is -5.22. The van der Waals surface area contributed by atoms with Gasteiger partial charge in [-0.05, 0) is 28.1 Å². The van der Waals surface area contributed by atoms with Gasteiger partial charge in [-0.3, -0.25) is 19.5 Å². The molecule has 2 amide bonds. The fourth-order valence-corrected chi connectivity index (χ4v) is 4.12.